The maximum Gasteiger partial charge on any atom is 0.330 e. The Morgan fingerprint density at radius 2 is 1.95 bits per heavy atom. The second kappa shape index (κ2) is 11.7. The molecule has 1 rings (SSSR count). The number of ether oxygens (including phenoxy) is 1. The highest BCUT2D eigenvalue weighted by molar-refractivity contribution is 5.81. The first kappa shape index (κ1) is 17.6. The predicted octanol–water partition coefficient (Wildman–Crippen LogP) is 3.00. The monoisotopic (exact) mass is 276 g/mol. The Morgan fingerprint density at radius 1 is 1.30 bits per heavy atom. The van der Waals surface area contributed by atoms with Crippen molar-refractivity contribution < 1.29 is 19.4 Å². The van der Waals surface area contributed by atoms with Gasteiger partial charge in [-0.3, -0.25) is 0 Å². The normalized spacial score (nSPS) is 9.45. The lowest BCUT2D eigenvalue weighted by Gasteiger charge is -2.01. The molecule has 0 spiro atoms. The highest BCUT2D eigenvalue weighted by atomic mass is 16.5. The lowest BCUT2D eigenvalue weighted by atomic mass is 10.1. The van der Waals surface area contributed by atoms with Gasteiger partial charge in [0.25, 0.3) is 0 Å². The van der Waals surface area contributed by atoms with Crippen LogP contribution in [0, 0.1) is 0 Å². The fourth-order valence-electron chi connectivity index (χ4n) is 1.30. The molecule has 0 bridgehead atoms. The van der Waals surface area contributed by atoms with Crippen molar-refractivity contribution in [3.8, 4) is 0 Å². The molecule has 108 valence electrons. The summed E-state index contributed by atoms with van der Waals surface area (Å²) in [5, 5.41) is 7.83. The average Bonchev–Trinajstić information content (AvgIpc) is 2.45. The van der Waals surface area contributed by atoms with E-state index in [2.05, 4.69) is 18.7 Å². The maximum absolute atomic E-state index is 10.7. The number of esters is 1. The van der Waals surface area contributed by atoms with Crippen LogP contribution in [0.5, 0.6) is 0 Å². The van der Waals surface area contributed by atoms with E-state index in [4.69, 9.17) is 9.84 Å². The van der Waals surface area contributed by atoms with E-state index in [-0.39, 0.29) is 5.97 Å². The topological polar surface area (TPSA) is 63.6 Å². The summed E-state index contributed by atoms with van der Waals surface area (Å²) in [5.41, 5.74) is 1.27. The number of benzene rings is 1. The van der Waals surface area contributed by atoms with E-state index < -0.39 is 5.97 Å². The summed E-state index contributed by atoms with van der Waals surface area (Å²) in [7, 11) is 0. The van der Waals surface area contributed by atoms with Gasteiger partial charge in [0.05, 0.1) is 6.61 Å². The van der Waals surface area contributed by atoms with Crippen LogP contribution in [-0.2, 0) is 20.7 Å². The summed E-state index contributed by atoms with van der Waals surface area (Å²) >= 11 is 0. The molecular weight excluding hydrogens is 256 g/mol. The second-order valence-electron chi connectivity index (χ2n) is 3.80. The molecule has 0 saturated heterocycles. The lowest BCUT2D eigenvalue weighted by Crippen LogP contribution is -2.02. The minimum Gasteiger partial charge on any atom is -0.478 e. The first-order valence-electron chi connectivity index (χ1n) is 6.29. The van der Waals surface area contributed by atoms with Crippen molar-refractivity contribution >= 4 is 11.9 Å². The van der Waals surface area contributed by atoms with Crippen LogP contribution in [0.2, 0.25) is 0 Å². The minimum absolute atomic E-state index is 0.349. The average molecular weight is 276 g/mol. The third kappa shape index (κ3) is 10.8. The fourth-order valence-corrected chi connectivity index (χ4v) is 1.30. The van der Waals surface area contributed by atoms with Crippen molar-refractivity contribution in [3.63, 3.8) is 0 Å². The van der Waals surface area contributed by atoms with E-state index in [1.165, 1.54) is 17.7 Å². The molecule has 0 aliphatic carbocycles. The molecule has 0 amide bonds. The Hall–Kier alpha value is -2.36. The number of carboxylic acid groups (broad SMARTS) is 1. The van der Waals surface area contributed by atoms with Crippen molar-refractivity contribution in [2.24, 2.45) is 0 Å². The van der Waals surface area contributed by atoms with Gasteiger partial charge in [-0.1, -0.05) is 43.0 Å². The Balaban J connectivity index is 0.000000511. The number of aryl methyl sites for hydroxylation is 1. The zero-order valence-corrected chi connectivity index (χ0v) is 11.6. The first-order valence-corrected chi connectivity index (χ1v) is 6.29. The zero-order valence-electron chi connectivity index (χ0n) is 11.6. The second-order valence-corrected chi connectivity index (χ2v) is 3.80. The largest absolute Gasteiger partial charge is 0.478 e. The molecule has 20 heavy (non-hydrogen) atoms. The van der Waals surface area contributed by atoms with E-state index in [0.717, 1.165) is 18.9 Å². The fraction of sp³-hybridized carbons (Fsp3) is 0.250. The van der Waals surface area contributed by atoms with Gasteiger partial charge in [-0.15, -0.1) is 0 Å². The number of hydrogen-bond donors (Lipinski definition) is 1. The molecule has 0 aromatic heterocycles. The van der Waals surface area contributed by atoms with Crippen LogP contribution in [0.3, 0.4) is 0 Å². The highest BCUT2D eigenvalue weighted by Gasteiger charge is 1.95. The van der Waals surface area contributed by atoms with Gasteiger partial charge in [0, 0.05) is 12.2 Å². The number of allylic oxidation sites excluding steroid dienone is 1. The van der Waals surface area contributed by atoms with Gasteiger partial charge in [-0.05, 0) is 25.3 Å². The summed E-state index contributed by atoms with van der Waals surface area (Å²) in [6.07, 6.45) is 5.53. The van der Waals surface area contributed by atoms with Crippen molar-refractivity contribution in [1.29, 1.82) is 0 Å². The maximum atomic E-state index is 10.7. The lowest BCUT2D eigenvalue weighted by molar-refractivity contribution is -0.137. The van der Waals surface area contributed by atoms with Gasteiger partial charge in [0.1, 0.15) is 0 Å². The molecule has 0 saturated carbocycles. The summed E-state index contributed by atoms with van der Waals surface area (Å²) in [6.45, 7) is 5.44. The van der Waals surface area contributed by atoms with Crippen molar-refractivity contribution in [1.82, 2.24) is 0 Å². The third-order valence-electron chi connectivity index (χ3n) is 2.17. The quantitative estimate of drug-likeness (QED) is 0.493. The molecule has 0 radical (unpaired) electrons. The van der Waals surface area contributed by atoms with Gasteiger partial charge in [-0.25, -0.2) is 9.59 Å². The smallest absolute Gasteiger partial charge is 0.330 e. The number of carboxylic acids is 1. The van der Waals surface area contributed by atoms with E-state index in [1.54, 1.807) is 6.92 Å². The Bertz CT molecular complexity index is 435. The van der Waals surface area contributed by atoms with Crippen LogP contribution >= 0.6 is 0 Å². The predicted molar refractivity (Wildman–Crippen MR) is 78.4 cm³/mol. The van der Waals surface area contributed by atoms with Crippen molar-refractivity contribution in [2.75, 3.05) is 6.61 Å². The van der Waals surface area contributed by atoms with Gasteiger partial charge in [0.15, 0.2) is 0 Å². The standard InChI is InChI=1S/C12H14O2.C4H6O2/c1-2-12(13)14-10-6-9-11-7-4-3-5-8-11;1-2-3-4(5)6/h2-5,7-8H,1,6,9-10H2;2-3H,1H3,(H,5,6). The Kier molecular flexibility index (Phi) is 10.3. The van der Waals surface area contributed by atoms with Crippen molar-refractivity contribution in [3.05, 3.63) is 60.7 Å². The molecule has 0 unspecified atom stereocenters. The number of carbonyl (C=O) groups excluding carboxylic acids is 1. The van der Waals surface area contributed by atoms with Gasteiger partial charge >= 0.3 is 11.9 Å². The van der Waals surface area contributed by atoms with E-state index in [0.29, 0.717) is 6.61 Å². The van der Waals surface area contributed by atoms with E-state index in [9.17, 15) is 9.59 Å². The SMILES string of the molecule is C=CC(=O)OCCCc1ccccc1.CC=CC(=O)O. The van der Waals surface area contributed by atoms with E-state index in [1.807, 2.05) is 18.2 Å². The van der Waals surface area contributed by atoms with Crippen LogP contribution in [0.1, 0.15) is 18.9 Å². The van der Waals surface area contributed by atoms with E-state index >= 15 is 0 Å². The summed E-state index contributed by atoms with van der Waals surface area (Å²) in [5.74, 6) is -1.24. The van der Waals surface area contributed by atoms with Crippen LogP contribution in [0.15, 0.2) is 55.1 Å². The molecule has 1 N–H and O–H groups in total. The third-order valence-corrected chi connectivity index (χ3v) is 2.17. The van der Waals surface area contributed by atoms with Crippen LogP contribution in [0.25, 0.3) is 0 Å². The Labute approximate surface area is 119 Å². The van der Waals surface area contributed by atoms with Gasteiger partial charge in [-0.2, -0.15) is 0 Å². The van der Waals surface area contributed by atoms with Crippen molar-refractivity contribution in [2.45, 2.75) is 19.8 Å². The first-order chi connectivity index (χ1) is 9.60. The number of hydrogen-bond acceptors (Lipinski definition) is 3. The molecule has 0 aliphatic heterocycles. The number of carbonyl (C=O) groups is 2. The number of aliphatic carboxylic acids is 1. The van der Waals surface area contributed by atoms with Crippen LogP contribution in [-0.4, -0.2) is 23.7 Å². The summed E-state index contributed by atoms with van der Waals surface area (Å²) in [4.78, 5) is 20.2. The Morgan fingerprint density at radius 3 is 2.40 bits per heavy atom. The number of rotatable bonds is 6. The molecule has 4 heteroatoms. The summed E-state index contributed by atoms with van der Waals surface area (Å²) in [6, 6.07) is 10.1. The highest BCUT2D eigenvalue weighted by Crippen LogP contribution is 2.02. The molecule has 1 aromatic rings. The summed E-state index contributed by atoms with van der Waals surface area (Å²) < 4.78 is 4.86. The van der Waals surface area contributed by atoms with Crippen LogP contribution < -0.4 is 0 Å². The molecule has 0 fully saturated rings. The molecule has 4 nitrogen and oxygen atoms in total. The van der Waals surface area contributed by atoms with Crippen LogP contribution in [0.4, 0.5) is 0 Å². The van der Waals surface area contributed by atoms with Gasteiger partial charge in [0.2, 0.25) is 0 Å². The molecule has 0 heterocycles. The zero-order chi connectivity index (χ0) is 15.2. The van der Waals surface area contributed by atoms with Gasteiger partial charge < -0.3 is 9.84 Å². The molecule has 0 aliphatic rings. The molecule has 1 aromatic carbocycles. The molecular formula is C16H20O4. The molecule has 0 atom stereocenters. The minimum atomic E-state index is -0.891.